The highest BCUT2D eigenvalue weighted by Gasteiger charge is 2.33. The summed E-state index contributed by atoms with van der Waals surface area (Å²) >= 11 is 1.15. The molecule has 0 saturated carbocycles. The average molecular weight is 372 g/mol. The summed E-state index contributed by atoms with van der Waals surface area (Å²) in [4.78, 5) is 12.0. The lowest BCUT2D eigenvalue weighted by molar-refractivity contribution is -0.137. The van der Waals surface area contributed by atoms with E-state index >= 15 is 0 Å². The molecular formula is C16H19F3N4OS. The van der Waals surface area contributed by atoms with Crippen molar-refractivity contribution in [2.75, 3.05) is 11.1 Å². The first kappa shape index (κ1) is 19.3. The second kappa shape index (κ2) is 7.90. The molecule has 0 bridgehead atoms. The number of para-hydroxylation sites is 1. The summed E-state index contributed by atoms with van der Waals surface area (Å²) in [6.07, 6.45) is -4.52. The number of hydrogen-bond acceptors (Lipinski definition) is 4. The van der Waals surface area contributed by atoms with Gasteiger partial charge in [-0.15, -0.1) is 10.2 Å². The molecule has 0 spiro atoms. The van der Waals surface area contributed by atoms with E-state index in [0.717, 1.165) is 23.7 Å². The first-order chi connectivity index (χ1) is 11.7. The molecule has 1 aromatic carbocycles. The van der Waals surface area contributed by atoms with Crippen molar-refractivity contribution >= 4 is 23.4 Å². The monoisotopic (exact) mass is 372 g/mol. The fourth-order valence-electron chi connectivity index (χ4n) is 2.29. The van der Waals surface area contributed by atoms with Crippen LogP contribution < -0.4 is 5.32 Å². The normalized spacial score (nSPS) is 11.8. The molecule has 0 unspecified atom stereocenters. The van der Waals surface area contributed by atoms with Gasteiger partial charge in [0.15, 0.2) is 5.16 Å². The van der Waals surface area contributed by atoms with Crippen molar-refractivity contribution in [2.24, 2.45) is 0 Å². The molecule has 1 N–H and O–H groups in total. The summed E-state index contributed by atoms with van der Waals surface area (Å²) in [5, 5.41) is 11.1. The van der Waals surface area contributed by atoms with E-state index in [-0.39, 0.29) is 17.4 Å². The van der Waals surface area contributed by atoms with Crippen LogP contribution in [0.4, 0.5) is 18.9 Å². The number of carbonyl (C=O) groups is 1. The van der Waals surface area contributed by atoms with Crippen molar-refractivity contribution in [2.45, 2.75) is 44.6 Å². The molecule has 0 aliphatic carbocycles. The van der Waals surface area contributed by atoms with Crippen LogP contribution in [0.2, 0.25) is 0 Å². The maximum atomic E-state index is 12.9. The molecule has 0 radical (unpaired) electrons. The maximum absolute atomic E-state index is 12.9. The Hall–Kier alpha value is -2.03. The molecular weight excluding hydrogens is 353 g/mol. The van der Waals surface area contributed by atoms with Gasteiger partial charge in [0.1, 0.15) is 5.82 Å². The number of rotatable bonds is 6. The quantitative estimate of drug-likeness (QED) is 0.773. The van der Waals surface area contributed by atoms with Crippen molar-refractivity contribution in [3.8, 4) is 0 Å². The molecule has 0 aliphatic heterocycles. The van der Waals surface area contributed by atoms with Crippen LogP contribution in [0.1, 0.15) is 38.1 Å². The fourth-order valence-corrected chi connectivity index (χ4v) is 3.10. The molecule has 0 saturated heterocycles. The Morgan fingerprint density at radius 1 is 1.28 bits per heavy atom. The number of carbonyl (C=O) groups excluding carboxylic acids is 1. The summed E-state index contributed by atoms with van der Waals surface area (Å²) in [5.74, 6) is 0.420. The molecule has 0 aliphatic rings. The standard InChI is InChI=1S/C16H19F3N4OS/c1-4-23-14(10(2)3)21-22-15(23)25-9-13(24)20-12-8-6-5-7-11(12)16(17,18)19/h5-8,10H,4,9H2,1-3H3,(H,20,24). The van der Waals surface area contributed by atoms with Gasteiger partial charge in [-0.3, -0.25) is 4.79 Å². The van der Waals surface area contributed by atoms with Gasteiger partial charge in [0.05, 0.1) is 17.0 Å². The van der Waals surface area contributed by atoms with Gasteiger partial charge in [-0.2, -0.15) is 13.2 Å². The van der Waals surface area contributed by atoms with Crippen LogP contribution in [0.15, 0.2) is 29.4 Å². The second-order valence-electron chi connectivity index (χ2n) is 5.62. The van der Waals surface area contributed by atoms with Crippen LogP contribution in [-0.2, 0) is 17.5 Å². The molecule has 136 valence electrons. The van der Waals surface area contributed by atoms with Crippen molar-refractivity contribution < 1.29 is 18.0 Å². The number of aromatic nitrogens is 3. The zero-order chi connectivity index (χ0) is 18.6. The highest BCUT2D eigenvalue weighted by atomic mass is 32.2. The third kappa shape index (κ3) is 4.75. The minimum absolute atomic E-state index is 0.0532. The predicted molar refractivity (Wildman–Crippen MR) is 90.6 cm³/mol. The van der Waals surface area contributed by atoms with Gasteiger partial charge >= 0.3 is 6.18 Å². The first-order valence-corrected chi connectivity index (χ1v) is 8.74. The molecule has 1 aromatic heterocycles. The number of nitrogens with one attached hydrogen (secondary N) is 1. The van der Waals surface area contributed by atoms with Crippen LogP contribution in [0.5, 0.6) is 0 Å². The lowest BCUT2D eigenvalue weighted by Gasteiger charge is -2.13. The van der Waals surface area contributed by atoms with Crippen molar-refractivity contribution in [3.05, 3.63) is 35.7 Å². The smallest absolute Gasteiger partial charge is 0.325 e. The minimum Gasteiger partial charge on any atom is -0.325 e. The van der Waals surface area contributed by atoms with Gasteiger partial charge in [0.25, 0.3) is 0 Å². The largest absolute Gasteiger partial charge is 0.418 e. The van der Waals surface area contributed by atoms with E-state index in [4.69, 9.17) is 0 Å². The van der Waals surface area contributed by atoms with E-state index in [9.17, 15) is 18.0 Å². The van der Waals surface area contributed by atoms with Crippen LogP contribution >= 0.6 is 11.8 Å². The highest BCUT2D eigenvalue weighted by molar-refractivity contribution is 7.99. The van der Waals surface area contributed by atoms with E-state index in [1.807, 2.05) is 25.3 Å². The summed E-state index contributed by atoms with van der Waals surface area (Å²) in [6, 6.07) is 4.90. The number of amides is 1. The van der Waals surface area contributed by atoms with Crippen molar-refractivity contribution in [1.29, 1.82) is 0 Å². The Morgan fingerprint density at radius 2 is 1.96 bits per heavy atom. The van der Waals surface area contributed by atoms with Gasteiger partial charge in [0.2, 0.25) is 5.91 Å². The minimum atomic E-state index is -4.52. The molecule has 5 nitrogen and oxygen atoms in total. The highest BCUT2D eigenvalue weighted by Crippen LogP contribution is 2.34. The van der Waals surface area contributed by atoms with Gasteiger partial charge in [-0.25, -0.2) is 0 Å². The SMILES string of the molecule is CCn1c(SCC(=O)Nc2ccccc2C(F)(F)F)nnc1C(C)C. The molecule has 1 heterocycles. The number of hydrogen-bond donors (Lipinski definition) is 1. The molecule has 0 fully saturated rings. The third-order valence-electron chi connectivity index (χ3n) is 3.42. The number of halogens is 3. The van der Waals surface area contributed by atoms with E-state index in [0.29, 0.717) is 11.7 Å². The average Bonchev–Trinajstić information content (AvgIpc) is 2.95. The second-order valence-corrected chi connectivity index (χ2v) is 6.56. The molecule has 2 rings (SSSR count). The fraction of sp³-hybridized carbons (Fsp3) is 0.438. The van der Waals surface area contributed by atoms with E-state index < -0.39 is 17.6 Å². The van der Waals surface area contributed by atoms with Gasteiger partial charge < -0.3 is 9.88 Å². The van der Waals surface area contributed by atoms with Gasteiger partial charge in [0, 0.05) is 12.5 Å². The number of nitrogens with zero attached hydrogens (tertiary/aromatic N) is 3. The topological polar surface area (TPSA) is 59.8 Å². The van der Waals surface area contributed by atoms with E-state index in [2.05, 4.69) is 15.5 Å². The Balaban J connectivity index is 2.06. The van der Waals surface area contributed by atoms with E-state index in [1.165, 1.54) is 18.2 Å². The lowest BCUT2D eigenvalue weighted by atomic mass is 10.1. The Bertz CT molecular complexity index is 743. The first-order valence-electron chi connectivity index (χ1n) is 7.76. The van der Waals surface area contributed by atoms with Crippen LogP contribution in [0.25, 0.3) is 0 Å². The Labute approximate surface area is 148 Å². The zero-order valence-electron chi connectivity index (χ0n) is 14.1. The van der Waals surface area contributed by atoms with Crippen LogP contribution in [-0.4, -0.2) is 26.4 Å². The number of benzene rings is 1. The summed E-state index contributed by atoms with van der Waals surface area (Å²) in [7, 11) is 0. The van der Waals surface area contributed by atoms with Crippen LogP contribution in [0.3, 0.4) is 0 Å². The summed E-state index contributed by atoms with van der Waals surface area (Å²) < 4.78 is 40.7. The molecule has 9 heteroatoms. The van der Waals surface area contributed by atoms with Crippen LogP contribution in [0, 0.1) is 0 Å². The predicted octanol–water partition coefficient (Wildman–Crippen LogP) is 4.17. The van der Waals surface area contributed by atoms with Gasteiger partial charge in [-0.05, 0) is 19.1 Å². The number of thioether (sulfide) groups is 1. The Kier molecular flexibility index (Phi) is 6.10. The zero-order valence-corrected chi connectivity index (χ0v) is 14.9. The van der Waals surface area contributed by atoms with E-state index in [1.54, 1.807) is 0 Å². The van der Waals surface area contributed by atoms with Crippen molar-refractivity contribution in [3.63, 3.8) is 0 Å². The summed E-state index contributed by atoms with van der Waals surface area (Å²) in [5.41, 5.74) is -1.12. The molecule has 2 aromatic rings. The van der Waals surface area contributed by atoms with Crippen molar-refractivity contribution in [1.82, 2.24) is 14.8 Å². The number of anilines is 1. The molecule has 25 heavy (non-hydrogen) atoms. The molecule has 0 atom stereocenters. The third-order valence-corrected chi connectivity index (χ3v) is 4.38. The van der Waals surface area contributed by atoms with Gasteiger partial charge in [-0.1, -0.05) is 37.7 Å². The Morgan fingerprint density at radius 3 is 2.56 bits per heavy atom. The molecule has 1 amide bonds. The lowest BCUT2D eigenvalue weighted by Crippen LogP contribution is -2.18. The summed E-state index contributed by atoms with van der Waals surface area (Å²) in [6.45, 7) is 6.58. The maximum Gasteiger partial charge on any atom is 0.418 e. The number of alkyl halides is 3.